The number of hydrogen-bond donors (Lipinski definition) is 2. The van der Waals surface area contributed by atoms with Crippen LogP contribution in [0.15, 0.2) is 35.3 Å². The average molecular weight is 243 g/mol. The Hall–Kier alpha value is -1.51. The van der Waals surface area contributed by atoms with Crippen molar-refractivity contribution >= 4 is 5.96 Å². The van der Waals surface area contributed by atoms with E-state index < -0.39 is 0 Å². The van der Waals surface area contributed by atoms with Crippen molar-refractivity contribution in [2.75, 3.05) is 13.1 Å². The van der Waals surface area contributed by atoms with Crippen LogP contribution in [0, 0.1) is 5.92 Å². The lowest BCUT2D eigenvalue weighted by molar-refractivity contribution is 0.583. The highest BCUT2D eigenvalue weighted by atomic mass is 15.2. The first-order chi connectivity index (χ1) is 8.83. The smallest absolute Gasteiger partial charge is 0.191 e. The van der Waals surface area contributed by atoms with Crippen LogP contribution in [0.4, 0.5) is 0 Å². The molecule has 1 saturated carbocycles. The number of guanidine groups is 1. The average Bonchev–Trinajstić information content (AvgIpc) is 3.14. The predicted molar refractivity (Wildman–Crippen MR) is 74.8 cm³/mol. The molecule has 1 heterocycles. The van der Waals surface area contributed by atoms with Crippen LogP contribution in [0.25, 0.3) is 0 Å². The zero-order valence-corrected chi connectivity index (χ0v) is 10.9. The Kier molecular flexibility index (Phi) is 3.22. The van der Waals surface area contributed by atoms with Crippen LogP contribution < -0.4 is 10.6 Å². The second-order valence-corrected chi connectivity index (χ2v) is 5.47. The van der Waals surface area contributed by atoms with E-state index in [2.05, 4.69) is 52.9 Å². The summed E-state index contributed by atoms with van der Waals surface area (Å²) in [5.74, 6) is 2.47. The van der Waals surface area contributed by atoms with Gasteiger partial charge in [-0.15, -0.1) is 0 Å². The molecule has 0 radical (unpaired) electrons. The van der Waals surface area contributed by atoms with E-state index in [0.29, 0.717) is 12.0 Å². The third-order valence-electron chi connectivity index (χ3n) is 3.81. The van der Waals surface area contributed by atoms with E-state index >= 15 is 0 Å². The summed E-state index contributed by atoms with van der Waals surface area (Å²) in [6.45, 7) is 4.04. The molecule has 1 aromatic rings. The van der Waals surface area contributed by atoms with Crippen LogP contribution in [0.2, 0.25) is 0 Å². The van der Waals surface area contributed by atoms with Gasteiger partial charge in [-0.25, -0.2) is 0 Å². The Morgan fingerprint density at radius 3 is 2.72 bits per heavy atom. The number of nitrogens with zero attached hydrogens (tertiary/aromatic N) is 1. The lowest BCUT2D eigenvalue weighted by atomic mass is 9.94. The van der Waals surface area contributed by atoms with E-state index in [4.69, 9.17) is 0 Å². The molecule has 3 heteroatoms. The summed E-state index contributed by atoms with van der Waals surface area (Å²) in [6.07, 6.45) is 2.75. The van der Waals surface area contributed by atoms with Crippen LogP contribution in [0.5, 0.6) is 0 Å². The van der Waals surface area contributed by atoms with E-state index in [9.17, 15) is 0 Å². The minimum absolute atomic E-state index is 0.476. The first-order valence-corrected chi connectivity index (χ1v) is 6.93. The minimum Gasteiger partial charge on any atom is -0.356 e. The van der Waals surface area contributed by atoms with Crippen LogP contribution in [0.1, 0.15) is 31.2 Å². The molecular formula is C15H21N3. The molecule has 0 bridgehead atoms. The summed E-state index contributed by atoms with van der Waals surface area (Å²) in [5, 5.41) is 6.83. The zero-order valence-electron chi connectivity index (χ0n) is 10.9. The van der Waals surface area contributed by atoms with Gasteiger partial charge in [0.2, 0.25) is 0 Å². The Labute approximate surface area is 109 Å². The second-order valence-electron chi connectivity index (χ2n) is 5.47. The van der Waals surface area contributed by atoms with Gasteiger partial charge in [0.15, 0.2) is 5.96 Å². The molecule has 0 aromatic heterocycles. The van der Waals surface area contributed by atoms with Gasteiger partial charge in [-0.2, -0.15) is 0 Å². The lowest BCUT2D eigenvalue weighted by Gasteiger charge is -2.18. The number of benzene rings is 1. The normalized spacial score (nSPS) is 24.3. The van der Waals surface area contributed by atoms with Gasteiger partial charge in [-0.1, -0.05) is 30.3 Å². The quantitative estimate of drug-likeness (QED) is 0.850. The van der Waals surface area contributed by atoms with Crippen molar-refractivity contribution in [2.24, 2.45) is 10.9 Å². The standard InChI is InChI=1S/C15H21N3/c1-11-9-16-15(18-11)17-10-14(13-7-8-13)12-5-3-2-4-6-12/h2-6,11,13-14H,7-10H2,1H3,(H2,16,17,18). The fraction of sp³-hybridized carbons (Fsp3) is 0.533. The van der Waals surface area contributed by atoms with E-state index in [0.717, 1.165) is 25.0 Å². The van der Waals surface area contributed by atoms with Crippen molar-refractivity contribution < 1.29 is 0 Å². The molecule has 2 aliphatic rings. The Morgan fingerprint density at radius 2 is 2.11 bits per heavy atom. The molecule has 3 rings (SSSR count). The molecule has 0 spiro atoms. The predicted octanol–water partition coefficient (Wildman–Crippen LogP) is 2.12. The Morgan fingerprint density at radius 1 is 1.33 bits per heavy atom. The molecule has 2 unspecified atom stereocenters. The third-order valence-corrected chi connectivity index (χ3v) is 3.81. The zero-order chi connectivity index (χ0) is 12.4. The monoisotopic (exact) mass is 243 g/mol. The van der Waals surface area contributed by atoms with E-state index in [-0.39, 0.29) is 0 Å². The topological polar surface area (TPSA) is 36.4 Å². The van der Waals surface area contributed by atoms with Crippen molar-refractivity contribution in [2.45, 2.75) is 31.7 Å². The highest BCUT2D eigenvalue weighted by Gasteiger charge is 2.32. The summed E-state index contributed by atoms with van der Waals surface area (Å²) in [7, 11) is 0. The Bertz CT molecular complexity index is 423. The molecule has 1 fully saturated rings. The number of rotatable bonds is 4. The van der Waals surface area contributed by atoms with E-state index in [1.165, 1.54) is 18.4 Å². The highest BCUT2D eigenvalue weighted by Crippen LogP contribution is 2.42. The molecule has 0 amide bonds. The first-order valence-electron chi connectivity index (χ1n) is 6.93. The molecule has 2 N–H and O–H groups in total. The molecular weight excluding hydrogens is 222 g/mol. The SMILES string of the molecule is CC1CN=C(NCC(c2ccccc2)C2CC2)N1. The number of aliphatic imine (C=N–C) groups is 1. The van der Waals surface area contributed by atoms with Gasteiger partial charge in [-0.05, 0) is 31.2 Å². The summed E-state index contributed by atoms with van der Waals surface area (Å²) in [4.78, 5) is 4.46. The maximum absolute atomic E-state index is 4.46. The van der Waals surface area contributed by atoms with Gasteiger partial charge in [-0.3, -0.25) is 4.99 Å². The van der Waals surface area contributed by atoms with Gasteiger partial charge in [0.1, 0.15) is 0 Å². The maximum Gasteiger partial charge on any atom is 0.191 e. The van der Waals surface area contributed by atoms with Gasteiger partial charge >= 0.3 is 0 Å². The summed E-state index contributed by atoms with van der Waals surface area (Å²) >= 11 is 0. The fourth-order valence-corrected chi connectivity index (χ4v) is 2.62. The maximum atomic E-state index is 4.46. The van der Waals surface area contributed by atoms with Crippen molar-refractivity contribution in [3.63, 3.8) is 0 Å². The van der Waals surface area contributed by atoms with Gasteiger partial charge in [0.25, 0.3) is 0 Å². The van der Waals surface area contributed by atoms with E-state index in [1.54, 1.807) is 0 Å². The molecule has 0 saturated heterocycles. The molecule has 1 aliphatic carbocycles. The molecule has 18 heavy (non-hydrogen) atoms. The Balaban J connectivity index is 1.61. The first kappa shape index (κ1) is 11.6. The van der Waals surface area contributed by atoms with Crippen molar-refractivity contribution in [3.8, 4) is 0 Å². The minimum atomic E-state index is 0.476. The van der Waals surface area contributed by atoms with Crippen LogP contribution in [0.3, 0.4) is 0 Å². The number of nitrogens with one attached hydrogen (secondary N) is 2. The molecule has 1 aliphatic heterocycles. The van der Waals surface area contributed by atoms with E-state index in [1.807, 2.05) is 0 Å². The second kappa shape index (κ2) is 5.01. The summed E-state index contributed by atoms with van der Waals surface area (Å²) < 4.78 is 0. The van der Waals surface area contributed by atoms with Gasteiger partial charge in [0.05, 0.1) is 6.54 Å². The fourth-order valence-electron chi connectivity index (χ4n) is 2.62. The van der Waals surface area contributed by atoms with Crippen LogP contribution >= 0.6 is 0 Å². The van der Waals surface area contributed by atoms with Crippen molar-refractivity contribution in [1.82, 2.24) is 10.6 Å². The summed E-state index contributed by atoms with van der Waals surface area (Å²) in [6, 6.07) is 11.3. The van der Waals surface area contributed by atoms with Gasteiger partial charge in [0, 0.05) is 18.5 Å². The molecule has 96 valence electrons. The summed E-state index contributed by atoms with van der Waals surface area (Å²) in [5.41, 5.74) is 1.46. The lowest BCUT2D eigenvalue weighted by Crippen LogP contribution is -2.39. The van der Waals surface area contributed by atoms with Crippen molar-refractivity contribution in [3.05, 3.63) is 35.9 Å². The van der Waals surface area contributed by atoms with Crippen LogP contribution in [-0.4, -0.2) is 25.1 Å². The van der Waals surface area contributed by atoms with Crippen molar-refractivity contribution in [1.29, 1.82) is 0 Å². The van der Waals surface area contributed by atoms with Crippen LogP contribution in [-0.2, 0) is 0 Å². The van der Waals surface area contributed by atoms with Gasteiger partial charge < -0.3 is 10.6 Å². The molecule has 3 nitrogen and oxygen atoms in total. The number of hydrogen-bond acceptors (Lipinski definition) is 3. The molecule has 2 atom stereocenters. The largest absolute Gasteiger partial charge is 0.356 e. The molecule has 1 aromatic carbocycles. The highest BCUT2D eigenvalue weighted by molar-refractivity contribution is 5.81. The third kappa shape index (κ3) is 2.66.